The van der Waals surface area contributed by atoms with Crippen LogP contribution in [-0.2, 0) is 4.79 Å². The van der Waals surface area contributed by atoms with Crippen molar-refractivity contribution in [3.05, 3.63) is 35.9 Å². The molecule has 2 unspecified atom stereocenters. The van der Waals surface area contributed by atoms with Crippen molar-refractivity contribution in [2.45, 2.75) is 32.7 Å². The lowest BCUT2D eigenvalue weighted by Gasteiger charge is -2.13. The summed E-state index contributed by atoms with van der Waals surface area (Å²) in [5.41, 5.74) is 0.150. The Bertz CT molecular complexity index is 542. The number of amides is 1. The van der Waals surface area contributed by atoms with Gasteiger partial charge in [-0.3, -0.25) is 4.79 Å². The van der Waals surface area contributed by atoms with Gasteiger partial charge in [0.2, 0.25) is 5.91 Å². The summed E-state index contributed by atoms with van der Waals surface area (Å²) < 4.78 is 40.8. The molecular weight excluding hydrogens is 311 g/mol. The van der Waals surface area contributed by atoms with E-state index in [0.717, 1.165) is 6.08 Å². The molecule has 0 aliphatic rings. The number of aliphatic hydroxyl groups excluding tert-OH is 1. The highest BCUT2D eigenvalue weighted by Crippen LogP contribution is 2.26. The number of benzene rings is 1. The lowest BCUT2D eigenvalue weighted by atomic mass is 10.0. The number of aliphatic hydroxyl groups is 1. The van der Waals surface area contributed by atoms with E-state index in [1.807, 2.05) is 6.92 Å². The van der Waals surface area contributed by atoms with Gasteiger partial charge in [0, 0.05) is 18.2 Å². The van der Waals surface area contributed by atoms with Crippen molar-refractivity contribution < 1.29 is 27.8 Å². The Morgan fingerprint density at radius 2 is 2.00 bits per heavy atom. The van der Waals surface area contributed by atoms with Gasteiger partial charge < -0.3 is 15.2 Å². The molecule has 0 saturated heterocycles. The van der Waals surface area contributed by atoms with Gasteiger partial charge in [0.05, 0.1) is 6.10 Å². The lowest BCUT2D eigenvalue weighted by Crippen LogP contribution is -2.28. The second-order valence-corrected chi connectivity index (χ2v) is 5.35. The van der Waals surface area contributed by atoms with Gasteiger partial charge in [0.1, 0.15) is 5.75 Å². The third-order valence-corrected chi connectivity index (χ3v) is 2.93. The zero-order valence-electron chi connectivity index (χ0n) is 12.9. The van der Waals surface area contributed by atoms with Gasteiger partial charge in [-0.05, 0) is 31.4 Å². The normalized spacial score (nSPS) is 14.5. The third kappa shape index (κ3) is 8.25. The number of carbonyl (C=O) groups excluding carboxylic acids is 1. The number of halogens is 3. The van der Waals surface area contributed by atoms with Crippen LogP contribution < -0.4 is 10.1 Å². The number of rotatable bonds is 7. The molecule has 1 rings (SSSR count). The zero-order chi connectivity index (χ0) is 17.5. The molecule has 2 N–H and O–H groups in total. The minimum Gasteiger partial charge on any atom is -0.405 e. The van der Waals surface area contributed by atoms with Gasteiger partial charge in [-0.1, -0.05) is 25.1 Å². The summed E-state index contributed by atoms with van der Waals surface area (Å²) in [5.74, 6) is -0.705. The van der Waals surface area contributed by atoms with Crippen LogP contribution in [0.4, 0.5) is 13.2 Å². The molecule has 4 nitrogen and oxygen atoms in total. The maximum atomic E-state index is 12.3. The first-order valence-electron chi connectivity index (χ1n) is 7.16. The molecule has 128 valence electrons. The topological polar surface area (TPSA) is 58.6 Å². The molecule has 0 radical (unpaired) electrons. The molecule has 1 aromatic rings. The summed E-state index contributed by atoms with van der Waals surface area (Å²) in [6.45, 7) is 3.91. The second kappa shape index (κ2) is 8.57. The van der Waals surface area contributed by atoms with Crippen LogP contribution in [0.15, 0.2) is 30.3 Å². The molecule has 0 aliphatic carbocycles. The predicted octanol–water partition coefficient (Wildman–Crippen LogP) is 3.12. The van der Waals surface area contributed by atoms with E-state index in [4.69, 9.17) is 0 Å². The van der Waals surface area contributed by atoms with Gasteiger partial charge in [-0.25, -0.2) is 0 Å². The summed E-state index contributed by atoms with van der Waals surface area (Å²) in [4.78, 5) is 11.7. The SMILES string of the molecule is CC(O)CC(C)CNC(=O)C=Cc1ccccc1OC(F)(F)F. The van der Waals surface area contributed by atoms with Crippen LogP contribution in [0.2, 0.25) is 0 Å². The van der Waals surface area contributed by atoms with E-state index in [1.165, 1.54) is 24.3 Å². The van der Waals surface area contributed by atoms with Gasteiger partial charge in [-0.15, -0.1) is 13.2 Å². The standard InChI is InChI=1S/C16H20F3NO3/c1-11(9-12(2)21)10-20-15(22)8-7-13-5-3-4-6-14(13)23-16(17,18)19/h3-8,11-12,21H,9-10H2,1-2H3,(H,20,22). The Balaban J connectivity index is 2.61. The van der Waals surface area contributed by atoms with Crippen molar-refractivity contribution in [1.29, 1.82) is 0 Å². The fraction of sp³-hybridized carbons (Fsp3) is 0.438. The molecule has 23 heavy (non-hydrogen) atoms. The predicted molar refractivity (Wildman–Crippen MR) is 80.6 cm³/mol. The van der Waals surface area contributed by atoms with E-state index in [2.05, 4.69) is 10.1 Å². The van der Waals surface area contributed by atoms with Crippen LogP contribution >= 0.6 is 0 Å². The molecule has 0 heterocycles. The number of alkyl halides is 3. The largest absolute Gasteiger partial charge is 0.573 e. The molecule has 1 aromatic carbocycles. The molecule has 1 amide bonds. The van der Waals surface area contributed by atoms with E-state index in [9.17, 15) is 23.1 Å². The molecular formula is C16H20F3NO3. The Hall–Kier alpha value is -2.02. The average Bonchev–Trinajstić information content (AvgIpc) is 2.42. The van der Waals surface area contributed by atoms with Gasteiger partial charge >= 0.3 is 6.36 Å². The van der Waals surface area contributed by atoms with Crippen LogP contribution in [0.3, 0.4) is 0 Å². The highest BCUT2D eigenvalue weighted by atomic mass is 19.4. The van der Waals surface area contributed by atoms with Crippen LogP contribution in [0, 0.1) is 5.92 Å². The van der Waals surface area contributed by atoms with Gasteiger partial charge in [-0.2, -0.15) is 0 Å². The molecule has 7 heteroatoms. The van der Waals surface area contributed by atoms with Crippen molar-refractivity contribution in [2.75, 3.05) is 6.54 Å². The van der Waals surface area contributed by atoms with E-state index in [1.54, 1.807) is 13.0 Å². The first-order chi connectivity index (χ1) is 10.7. The maximum absolute atomic E-state index is 12.3. The van der Waals surface area contributed by atoms with Crippen LogP contribution in [0.1, 0.15) is 25.8 Å². The molecule has 0 spiro atoms. The first kappa shape index (κ1) is 19.0. The lowest BCUT2D eigenvalue weighted by molar-refractivity contribution is -0.274. The van der Waals surface area contributed by atoms with Crippen molar-refractivity contribution in [3.63, 3.8) is 0 Å². The monoisotopic (exact) mass is 331 g/mol. The van der Waals surface area contributed by atoms with E-state index >= 15 is 0 Å². The van der Waals surface area contributed by atoms with Gasteiger partial charge in [0.25, 0.3) is 0 Å². The Labute approximate surface area is 133 Å². The van der Waals surface area contributed by atoms with Gasteiger partial charge in [0.15, 0.2) is 0 Å². The summed E-state index contributed by atoms with van der Waals surface area (Å²) in [7, 11) is 0. The van der Waals surface area contributed by atoms with E-state index in [-0.39, 0.29) is 17.2 Å². The Kier molecular flexibility index (Phi) is 7.09. The van der Waals surface area contributed by atoms with E-state index in [0.29, 0.717) is 13.0 Å². The average molecular weight is 331 g/mol. The molecule has 2 atom stereocenters. The smallest absolute Gasteiger partial charge is 0.405 e. The summed E-state index contributed by atoms with van der Waals surface area (Å²) in [6, 6.07) is 5.55. The van der Waals surface area contributed by atoms with Crippen molar-refractivity contribution in [3.8, 4) is 5.75 Å². The molecule has 0 bridgehead atoms. The second-order valence-electron chi connectivity index (χ2n) is 5.35. The quantitative estimate of drug-likeness (QED) is 0.755. The number of hydrogen-bond donors (Lipinski definition) is 2. The van der Waals surface area contributed by atoms with Crippen LogP contribution in [0.25, 0.3) is 6.08 Å². The minimum atomic E-state index is -4.79. The summed E-state index contributed by atoms with van der Waals surface area (Å²) in [6.07, 6.45) is -2.29. The molecule has 0 aromatic heterocycles. The third-order valence-electron chi connectivity index (χ3n) is 2.93. The Morgan fingerprint density at radius 3 is 2.61 bits per heavy atom. The Morgan fingerprint density at radius 1 is 1.35 bits per heavy atom. The highest BCUT2D eigenvalue weighted by Gasteiger charge is 2.31. The number of para-hydroxylation sites is 1. The van der Waals surface area contributed by atoms with Crippen LogP contribution in [-0.4, -0.2) is 30.0 Å². The van der Waals surface area contributed by atoms with Crippen molar-refractivity contribution in [2.24, 2.45) is 5.92 Å². The fourth-order valence-corrected chi connectivity index (χ4v) is 2.00. The number of hydrogen-bond acceptors (Lipinski definition) is 3. The fourth-order valence-electron chi connectivity index (χ4n) is 2.00. The maximum Gasteiger partial charge on any atom is 0.573 e. The van der Waals surface area contributed by atoms with E-state index < -0.39 is 18.4 Å². The molecule has 0 aliphatic heterocycles. The van der Waals surface area contributed by atoms with Crippen LogP contribution in [0.5, 0.6) is 5.75 Å². The number of carbonyl (C=O) groups is 1. The number of ether oxygens (including phenoxy) is 1. The zero-order valence-corrected chi connectivity index (χ0v) is 12.9. The van der Waals surface area contributed by atoms with Crippen molar-refractivity contribution in [1.82, 2.24) is 5.32 Å². The molecule has 0 fully saturated rings. The summed E-state index contributed by atoms with van der Waals surface area (Å²) >= 11 is 0. The van der Waals surface area contributed by atoms with Crippen molar-refractivity contribution >= 4 is 12.0 Å². The molecule has 0 saturated carbocycles. The first-order valence-corrected chi connectivity index (χ1v) is 7.16. The highest BCUT2D eigenvalue weighted by molar-refractivity contribution is 5.92. The minimum absolute atomic E-state index is 0.0909. The number of nitrogens with one attached hydrogen (secondary N) is 1. The summed E-state index contributed by atoms with van der Waals surface area (Å²) in [5, 5.41) is 11.9.